The number of halogens is 3. The van der Waals surface area contributed by atoms with Gasteiger partial charge in [-0.1, -0.05) is 17.7 Å². The number of carbonyl (C=O) groups is 1. The van der Waals surface area contributed by atoms with Gasteiger partial charge in [-0.05, 0) is 48.0 Å². The molecule has 2 aromatic carbocycles. The number of alkyl halides is 2. The van der Waals surface area contributed by atoms with Crippen LogP contribution in [0.15, 0.2) is 42.5 Å². The van der Waals surface area contributed by atoms with E-state index < -0.39 is 6.61 Å². The molecule has 26 heavy (non-hydrogen) atoms. The number of nitrogens with zero attached hydrogens (tertiary/aromatic N) is 1. The molecule has 0 N–H and O–H groups in total. The van der Waals surface area contributed by atoms with Crippen molar-refractivity contribution in [3.05, 3.63) is 58.6 Å². The zero-order valence-corrected chi connectivity index (χ0v) is 15.3. The third-order valence-corrected chi connectivity index (χ3v) is 3.83. The largest absolute Gasteiger partial charge is 0.493 e. The van der Waals surface area contributed by atoms with Gasteiger partial charge in [0.15, 0.2) is 17.3 Å². The molecule has 138 valence electrons. The first-order valence-corrected chi connectivity index (χ1v) is 8.01. The lowest BCUT2D eigenvalue weighted by Crippen LogP contribution is -2.08. The van der Waals surface area contributed by atoms with Crippen molar-refractivity contribution in [1.29, 1.82) is 0 Å². The van der Waals surface area contributed by atoms with Crippen LogP contribution >= 0.6 is 11.6 Å². The number of rotatable bonds is 7. The molecule has 0 saturated carbocycles. The molecular formula is C19H18ClF2NO3. The van der Waals surface area contributed by atoms with E-state index in [0.717, 1.165) is 5.69 Å². The van der Waals surface area contributed by atoms with Crippen LogP contribution in [0.2, 0.25) is 5.02 Å². The summed E-state index contributed by atoms with van der Waals surface area (Å²) >= 11 is 5.97. The number of anilines is 1. The van der Waals surface area contributed by atoms with Crippen LogP contribution in [0.3, 0.4) is 0 Å². The first-order chi connectivity index (χ1) is 12.3. The van der Waals surface area contributed by atoms with Gasteiger partial charge in [-0.25, -0.2) is 0 Å². The van der Waals surface area contributed by atoms with Gasteiger partial charge >= 0.3 is 6.61 Å². The predicted octanol–water partition coefficient (Wildman–Crippen LogP) is 4.91. The first kappa shape index (κ1) is 19.7. The number of benzene rings is 2. The molecule has 2 aromatic rings. The Hall–Kier alpha value is -2.60. The third kappa shape index (κ3) is 4.95. The molecular weight excluding hydrogens is 364 g/mol. The molecule has 4 nitrogen and oxygen atoms in total. The van der Waals surface area contributed by atoms with Gasteiger partial charge in [0.05, 0.1) is 12.1 Å². The van der Waals surface area contributed by atoms with Crippen molar-refractivity contribution >= 4 is 29.1 Å². The van der Waals surface area contributed by atoms with E-state index in [1.807, 2.05) is 31.1 Å². The summed E-state index contributed by atoms with van der Waals surface area (Å²) in [5.74, 6) is -0.384. The van der Waals surface area contributed by atoms with Gasteiger partial charge in [-0.15, -0.1) is 0 Å². The lowest BCUT2D eigenvalue weighted by Gasteiger charge is -2.12. The molecule has 0 atom stereocenters. The summed E-state index contributed by atoms with van der Waals surface area (Å²) in [4.78, 5) is 14.2. The average molecular weight is 382 g/mol. The molecule has 0 heterocycles. The lowest BCUT2D eigenvalue weighted by atomic mass is 10.1. The number of hydrogen-bond acceptors (Lipinski definition) is 4. The Balaban J connectivity index is 2.21. The fourth-order valence-electron chi connectivity index (χ4n) is 2.23. The second-order valence-corrected chi connectivity index (χ2v) is 5.96. The predicted molar refractivity (Wildman–Crippen MR) is 98.8 cm³/mol. The SMILES string of the molecule is COc1cc(/C=C/C(=O)c2ccc(N(C)C)cc2)cc(Cl)c1OC(F)F. The summed E-state index contributed by atoms with van der Waals surface area (Å²) in [5.41, 5.74) is 2.03. The molecule has 0 amide bonds. The number of allylic oxidation sites excluding steroid dienone is 1. The van der Waals surface area contributed by atoms with Crippen LogP contribution in [0, 0.1) is 0 Å². The minimum absolute atomic E-state index is 0.0351. The van der Waals surface area contributed by atoms with Crippen LogP contribution in [0.5, 0.6) is 11.5 Å². The van der Waals surface area contributed by atoms with E-state index in [0.29, 0.717) is 11.1 Å². The number of ketones is 1. The monoisotopic (exact) mass is 381 g/mol. The van der Waals surface area contributed by atoms with E-state index in [1.54, 1.807) is 12.1 Å². The maximum atomic E-state index is 12.4. The summed E-state index contributed by atoms with van der Waals surface area (Å²) in [6.45, 7) is -3.02. The summed E-state index contributed by atoms with van der Waals surface area (Å²) in [7, 11) is 5.14. The number of hydrogen-bond donors (Lipinski definition) is 0. The molecule has 0 spiro atoms. The third-order valence-electron chi connectivity index (χ3n) is 3.55. The van der Waals surface area contributed by atoms with Crippen molar-refractivity contribution < 1.29 is 23.0 Å². The summed E-state index contributed by atoms with van der Waals surface area (Å²) in [5, 5.41) is -0.0351. The number of carbonyl (C=O) groups excluding carboxylic acids is 1. The highest BCUT2D eigenvalue weighted by molar-refractivity contribution is 6.32. The quantitative estimate of drug-likeness (QED) is 0.504. The van der Waals surface area contributed by atoms with Crippen molar-refractivity contribution in [1.82, 2.24) is 0 Å². The van der Waals surface area contributed by atoms with E-state index in [-0.39, 0.29) is 22.3 Å². The maximum absolute atomic E-state index is 12.4. The van der Waals surface area contributed by atoms with Crippen LogP contribution in [0.1, 0.15) is 15.9 Å². The maximum Gasteiger partial charge on any atom is 0.387 e. The fraction of sp³-hybridized carbons (Fsp3) is 0.211. The average Bonchev–Trinajstić information content (AvgIpc) is 2.61. The Labute approximate surface area is 155 Å². The summed E-state index contributed by atoms with van der Waals surface area (Å²) in [6, 6.07) is 10.0. The summed E-state index contributed by atoms with van der Waals surface area (Å²) < 4.78 is 34.3. The minimum atomic E-state index is -3.02. The Kier molecular flexibility index (Phi) is 6.58. The highest BCUT2D eigenvalue weighted by Gasteiger charge is 2.15. The molecule has 2 rings (SSSR count). The normalized spacial score (nSPS) is 11.0. The van der Waals surface area contributed by atoms with Crippen molar-refractivity contribution in [3.8, 4) is 11.5 Å². The fourth-order valence-corrected chi connectivity index (χ4v) is 2.50. The second-order valence-electron chi connectivity index (χ2n) is 5.55. The minimum Gasteiger partial charge on any atom is -0.493 e. The standard InChI is InChI=1S/C19H18ClF2NO3/c1-23(2)14-7-5-13(6-8-14)16(24)9-4-12-10-15(20)18(26-19(21)22)17(11-12)25-3/h4-11,19H,1-3H3/b9-4+. The van der Waals surface area contributed by atoms with Crippen molar-refractivity contribution in [3.63, 3.8) is 0 Å². The molecule has 0 fully saturated rings. The zero-order valence-electron chi connectivity index (χ0n) is 14.5. The van der Waals surface area contributed by atoms with Crippen LogP contribution in [0.4, 0.5) is 14.5 Å². The molecule has 0 aliphatic heterocycles. The van der Waals surface area contributed by atoms with Crippen LogP contribution in [-0.4, -0.2) is 33.6 Å². The Bertz CT molecular complexity index is 805. The van der Waals surface area contributed by atoms with Gasteiger partial charge < -0.3 is 14.4 Å². The van der Waals surface area contributed by atoms with Crippen LogP contribution in [-0.2, 0) is 0 Å². The van der Waals surface area contributed by atoms with Crippen molar-refractivity contribution in [2.24, 2.45) is 0 Å². The van der Waals surface area contributed by atoms with Crippen LogP contribution < -0.4 is 14.4 Å². The van der Waals surface area contributed by atoms with Crippen molar-refractivity contribution in [2.45, 2.75) is 6.61 Å². The Morgan fingerprint density at radius 3 is 2.38 bits per heavy atom. The molecule has 7 heteroatoms. The molecule has 0 radical (unpaired) electrons. The molecule has 0 aliphatic rings. The van der Waals surface area contributed by atoms with E-state index in [4.69, 9.17) is 16.3 Å². The highest BCUT2D eigenvalue weighted by Crippen LogP contribution is 2.37. The molecule has 0 bridgehead atoms. The van der Waals surface area contributed by atoms with Crippen molar-refractivity contribution in [2.75, 3.05) is 26.1 Å². The van der Waals surface area contributed by atoms with E-state index >= 15 is 0 Å². The van der Waals surface area contributed by atoms with E-state index in [9.17, 15) is 13.6 Å². The van der Waals surface area contributed by atoms with Gasteiger partial charge in [0, 0.05) is 25.3 Å². The van der Waals surface area contributed by atoms with Gasteiger partial charge in [0.1, 0.15) is 0 Å². The van der Waals surface area contributed by atoms with Gasteiger partial charge in [-0.2, -0.15) is 8.78 Å². The van der Waals surface area contributed by atoms with Gasteiger partial charge in [0.25, 0.3) is 0 Å². The smallest absolute Gasteiger partial charge is 0.387 e. The number of ether oxygens (including phenoxy) is 2. The second kappa shape index (κ2) is 8.67. The first-order valence-electron chi connectivity index (χ1n) is 7.64. The van der Waals surface area contributed by atoms with E-state index in [2.05, 4.69) is 4.74 Å². The number of methoxy groups -OCH3 is 1. The topological polar surface area (TPSA) is 38.8 Å². The Morgan fingerprint density at radius 2 is 1.85 bits per heavy atom. The molecule has 0 unspecified atom stereocenters. The Morgan fingerprint density at radius 1 is 1.19 bits per heavy atom. The molecule has 0 saturated heterocycles. The highest BCUT2D eigenvalue weighted by atomic mass is 35.5. The summed E-state index contributed by atoms with van der Waals surface area (Å²) in [6.07, 6.45) is 2.91. The lowest BCUT2D eigenvalue weighted by molar-refractivity contribution is -0.0511. The van der Waals surface area contributed by atoms with Crippen LogP contribution in [0.25, 0.3) is 6.08 Å². The zero-order chi connectivity index (χ0) is 19.3. The van der Waals surface area contributed by atoms with E-state index in [1.165, 1.54) is 31.4 Å². The molecule has 0 aromatic heterocycles. The van der Waals surface area contributed by atoms with Gasteiger partial charge in [0.2, 0.25) is 0 Å². The van der Waals surface area contributed by atoms with Gasteiger partial charge in [-0.3, -0.25) is 4.79 Å². The molecule has 0 aliphatic carbocycles.